The van der Waals surface area contributed by atoms with Gasteiger partial charge in [-0.15, -0.1) is 0 Å². The molecule has 1 aromatic heterocycles. The molecule has 17 heavy (non-hydrogen) atoms. The van der Waals surface area contributed by atoms with Gasteiger partial charge in [-0.05, 0) is 12.8 Å². The van der Waals surface area contributed by atoms with E-state index in [0.717, 1.165) is 0 Å². The molecule has 1 saturated heterocycles. The zero-order valence-electron chi connectivity index (χ0n) is 9.39. The summed E-state index contributed by atoms with van der Waals surface area (Å²) in [5.41, 5.74) is 0.993. The Morgan fingerprint density at radius 2 is 2.29 bits per heavy atom. The van der Waals surface area contributed by atoms with Crippen molar-refractivity contribution in [3.05, 3.63) is 16.4 Å². The minimum absolute atomic E-state index is 0.0514. The van der Waals surface area contributed by atoms with Gasteiger partial charge in [-0.25, -0.2) is 13.1 Å². The van der Waals surface area contributed by atoms with Crippen molar-refractivity contribution in [2.75, 3.05) is 11.5 Å². The van der Waals surface area contributed by atoms with E-state index in [0.29, 0.717) is 30.4 Å². The van der Waals surface area contributed by atoms with Gasteiger partial charge in [0, 0.05) is 0 Å². The van der Waals surface area contributed by atoms with Gasteiger partial charge in [-0.3, -0.25) is 4.79 Å². The van der Waals surface area contributed by atoms with Gasteiger partial charge in [0.1, 0.15) is 5.15 Å². The molecule has 0 bridgehead atoms. The molecule has 7 heteroatoms. The summed E-state index contributed by atoms with van der Waals surface area (Å²) in [7, 11) is -2.99. The summed E-state index contributed by atoms with van der Waals surface area (Å²) in [6.45, 7) is 1.88. The second-order valence-corrected chi connectivity index (χ2v) is 6.71. The number of halogens is 1. The Morgan fingerprint density at radius 1 is 1.59 bits per heavy atom. The predicted octanol–water partition coefficient (Wildman–Crippen LogP) is 1.27. The maximum absolute atomic E-state index is 11.4. The Kier molecular flexibility index (Phi) is 3.27. The van der Waals surface area contributed by atoms with E-state index in [4.69, 9.17) is 11.6 Å². The molecule has 5 nitrogen and oxygen atoms in total. The van der Waals surface area contributed by atoms with Crippen molar-refractivity contribution in [1.82, 2.24) is 9.78 Å². The smallest absolute Gasteiger partial charge is 0.155 e. The SMILES string of the molecule is CCc1nn(C2CCS(=O)(=O)C2)c(Cl)c1C=O. The van der Waals surface area contributed by atoms with Crippen LogP contribution in [-0.4, -0.2) is 36.0 Å². The Bertz CT molecular complexity index is 550. The molecule has 1 fully saturated rings. The number of nitrogens with zero attached hydrogens (tertiary/aromatic N) is 2. The van der Waals surface area contributed by atoms with Crippen molar-refractivity contribution < 1.29 is 13.2 Å². The number of aromatic nitrogens is 2. The zero-order chi connectivity index (χ0) is 12.6. The van der Waals surface area contributed by atoms with Crippen LogP contribution in [-0.2, 0) is 16.3 Å². The van der Waals surface area contributed by atoms with Gasteiger partial charge in [0.25, 0.3) is 0 Å². The van der Waals surface area contributed by atoms with Crippen LogP contribution in [0.5, 0.6) is 0 Å². The standard InChI is InChI=1S/C10H13ClN2O3S/c1-2-9-8(5-14)10(11)13(12-9)7-3-4-17(15,16)6-7/h5,7H,2-4,6H2,1H3. The van der Waals surface area contributed by atoms with Crippen molar-refractivity contribution in [2.24, 2.45) is 0 Å². The summed E-state index contributed by atoms with van der Waals surface area (Å²) in [4.78, 5) is 10.9. The van der Waals surface area contributed by atoms with Crippen LogP contribution in [0.25, 0.3) is 0 Å². The highest BCUT2D eigenvalue weighted by molar-refractivity contribution is 7.91. The number of hydrogen-bond acceptors (Lipinski definition) is 4. The molecule has 0 spiro atoms. The van der Waals surface area contributed by atoms with Crippen LogP contribution in [0.2, 0.25) is 5.15 Å². The van der Waals surface area contributed by atoms with E-state index in [2.05, 4.69) is 5.10 Å². The normalized spacial score (nSPS) is 22.8. The van der Waals surface area contributed by atoms with Crippen LogP contribution in [0.3, 0.4) is 0 Å². The Morgan fingerprint density at radius 3 is 2.71 bits per heavy atom. The van der Waals surface area contributed by atoms with Crippen molar-refractivity contribution in [3.8, 4) is 0 Å². The molecule has 0 aliphatic carbocycles. The molecule has 1 unspecified atom stereocenters. The predicted molar refractivity (Wildman–Crippen MR) is 64.3 cm³/mol. The maximum Gasteiger partial charge on any atom is 0.155 e. The van der Waals surface area contributed by atoms with Gasteiger partial charge in [-0.1, -0.05) is 18.5 Å². The Labute approximate surface area is 105 Å². The molecule has 2 heterocycles. The molecular formula is C10H13ClN2O3S. The molecular weight excluding hydrogens is 264 g/mol. The quantitative estimate of drug-likeness (QED) is 0.780. The van der Waals surface area contributed by atoms with Crippen LogP contribution in [0.15, 0.2) is 0 Å². The maximum atomic E-state index is 11.4. The molecule has 0 amide bonds. The highest BCUT2D eigenvalue weighted by Gasteiger charge is 2.32. The molecule has 2 rings (SSSR count). The van der Waals surface area contributed by atoms with Gasteiger partial charge >= 0.3 is 0 Å². The summed E-state index contributed by atoms with van der Waals surface area (Å²) in [5.74, 6) is 0.210. The lowest BCUT2D eigenvalue weighted by molar-refractivity contribution is 0.112. The lowest BCUT2D eigenvalue weighted by atomic mass is 10.2. The molecule has 0 saturated carbocycles. The molecule has 94 valence electrons. The molecule has 0 radical (unpaired) electrons. The van der Waals surface area contributed by atoms with Crippen LogP contribution >= 0.6 is 11.6 Å². The van der Waals surface area contributed by atoms with Gasteiger partial charge in [0.2, 0.25) is 0 Å². The molecule has 1 aliphatic rings. The summed E-state index contributed by atoms with van der Waals surface area (Å²) in [5, 5.41) is 4.48. The Hall–Kier alpha value is -0.880. The zero-order valence-corrected chi connectivity index (χ0v) is 11.0. The molecule has 1 atom stereocenters. The van der Waals surface area contributed by atoms with E-state index >= 15 is 0 Å². The van der Waals surface area contributed by atoms with Gasteiger partial charge in [0.15, 0.2) is 16.1 Å². The van der Waals surface area contributed by atoms with Gasteiger partial charge in [0.05, 0.1) is 28.8 Å². The largest absolute Gasteiger partial charge is 0.298 e. The first-order valence-corrected chi connectivity index (χ1v) is 7.61. The Balaban J connectivity index is 2.40. The topological polar surface area (TPSA) is 69.0 Å². The summed E-state index contributed by atoms with van der Waals surface area (Å²) in [6, 6.07) is -0.244. The lowest BCUT2D eigenvalue weighted by Crippen LogP contribution is -2.12. The average Bonchev–Trinajstić information content (AvgIpc) is 2.78. The molecule has 1 aliphatic heterocycles. The number of rotatable bonds is 3. The minimum Gasteiger partial charge on any atom is -0.298 e. The fourth-order valence-corrected chi connectivity index (χ4v) is 4.08. The summed E-state index contributed by atoms with van der Waals surface area (Å²) < 4.78 is 24.3. The first-order valence-electron chi connectivity index (χ1n) is 5.41. The fourth-order valence-electron chi connectivity index (χ4n) is 2.06. The average molecular weight is 277 g/mol. The van der Waals surface area contributed by atoms with E-state index in [9.17, 15) is 13.2 Å². The fraction of sp³-hybridized carbons (Fsp3) is 0.600. The summed E-state index contributed by atoms with van der Waals surface area (Å²) in [6.07, 6.45) is 1.78. The number of carbonyl (C=O) groups excluding carboxylic acids is 1. The van der Waals surface area contributed by atoms with Crippen molar-refractivity contribution in [1.29, 1.82) is 0 Å². The second kappa shape index (κ2) is 4.42. The van der Waals surface area contributed by atoms with E-state index < -0.39 is 9.84 Å². The number of aldehydes is 1. The third-order valence-corrected chi connectivity index (χ3v) is 5.10. The van der Waals surface area contributed by atoms with Crippen molar-refractivity contribution >= 4 is 27.7 Å². The monoisotopic (exact) mass is 276 g/mol. The number of carbonyl (C=O) groups is 1. The number of sulfone groups is 1. The molecule has 0 N–H and O–H groups in total. The van der Waals surface area contributed by atoms with Crippen molar-refractivity contribution in [2.45, 2.75) is 25.8 Å². The van der Waals surface area contributed by atoms with E-state index in [1.54, 1.807) is 0 Å². The third kappa shape index (κ3) is 2.24. The molecule has 0 aromatic carbocycles. The molecule has 1 aromatic rings. The van der Waals surface area contributed by atoms with Crippen LogP contribution in [0.1, 0.15) is 35.4 Å². The minimum atomic E-state index is -2.99. The first-order chi connectivity index (χ1) is 7.98. The highest BCUT2D eigenvalue weighted by Crippen LogP contribution is 2.29. The second-order valence-electron chi connectivity index (χ2n) is 4.12. The van der Waals surface area contributed by atoms with E-state index in [-0.39, 0.29) is 22.7 Å². The van der Waals surface area contributed by atoms with Gasteiger partial charge < -0.3 is 0 Å². The highest BCUT2D eigenvalue weighted by atomic mass is 35.5. The van der Waals surface area contributed by atoms with E-state index in [1.807, 2.05) is 6.92 Å². The first kappa shape index (κ1) is 12.6. The number of hydrogen-bond donors (Lipinski definition) is 0. The lowest BCUT2D eigenvalue weighted by Gasteiger charge is -2.09. The third-order valence-electron chi connectivity index (χ3n) is 2.97. The van der Waals surface area contributed by atoms with Crippen LogP contribution in [0.4, 0.5) is 0 Å². The van der Waals surface area contributed by atoms with E-state index in [1.165, 1.54) is 4.68 Å². The van der Waals surface area contributed by atoms with Gasteiger partial charge in [-0.2, -0.15) is 5.10 Å². The van der Waals surface area contributed by atoms with Crippen LogP contribution < -0.4 is 0 Å². The van der Waals surface area contributed by atoms with Crippen LogP contribution in [0, 0.1) is 0 Å². The van der Waals surface area contributed by atoms with Crippen molar-refractivity contribution in [3.63, 3.8) is 0 Å². The summed E-state index contributed by atoms with van der Waals surface area (Å²) >= 11 is 6.06. The number of aryl methyl sites for hydroxylation is 1.